The molecule has 142 valence electrons. The van der Waals surface area contributed by atoms with Gasteiger partial charge in [-0.1, -0.05) is 0 Å². The van der Waals surface area contributed by atoms with E-state index >= 15 is 0 Å². The summed E-state index contributed by atoms with van der Waals surface area (Å²) in [4.78, 5) is 24.0. The fourth-order valence-corrected chi connectivity index (χ4v) is 2.82. The monoisotopic (exact) mass is 438 g/mol. The molecular weight excluding hydrogens is 425 g/mol. The maximum absolute atomic E-state index is 12.3. The van der Waals surface area contributed by atoms with Crippen LogP contribution in [-0.4, -0.2) is 37.0 Å². The summed E-state index contributed by atoms with van der Waals surface area (Å²) in [5.41, 5.74) is 0.141. The number of rotatable bonds is 4. The number of phenolic OH excluding ortho intramolecular Hbond substituents is 1. The SMILES string of the molecule is COc1cc([C@H]2NC(=O)NC(C)=C2C(=O)OCC(F)(F)F)cc(Br)c1O. The third-order valence-corrected chi connectivity index (χ3v) is 4.06. The predicted molar refractivity (Wildman–Crippen MR) is 86.5 cm³/mol. The van der Waals surface area contributed by atoms with Crippen molar-refractivity contribution in [2.75, 3.05) is 13.7 Å². The van der Waals surface area contributed by atoms with Crippen LogP contribution in [0.4, 0.5) is 18.0 Å². The molecule has 7 nitrogen and oxygen atoms in total. The quantitative estimate of drug-likeness (QED) is 0.628. The standard InChI is InChI=1S/C15H14BrF3N2O5/c1-6-10(13(23)26-5-15(17,18)19)11(21-14(24)20-6)7-3-8(16)12(22)9(4-7)25-2/h3-4,11,22H,5H2,1-2H3,(H2,20,21,24)/t11-/m1/s1. The van der Waals surface area contributed by atoms with Crippen LogP contribution in [-0.2, 0) is 9.53 Å². The Kier molecular flexibility index (Phi) is 5.69. The molecule has 0 saturated heterocycles. The minimum Gasteiger partial charge on any atom is -0.503 e. The Morgan fingerprint density at radius 3 is 2.62 bits per heavy atom. The molecule has 1 aliphatic heterocycles. The molecule has 1 heterocycles. The van der Waals surface area contributed by atoms with E-state index in [4.69, 9.17) is 4.74 Å². The summed E-state index contributed by atoms with van der Waals surface area (Å²) in [5, 5.41) is 14.6. The lowest BCUT2D eigenvalue weighted by Gasteiger charge is -2.28. The van der Waals surface area contributed by atoms with Gasteiger partial charge in [0, 0.05) is 5.70 Å². The molecule has 0 bridgehead atoms. The fourth-order valence-electron chi connectivity index (χ4n) is 2.36. The van der Waals surface area contributed by atoms with Crippen LogP contribution in [0.2, 0.25) is 0 Å². The van der Waals surface area contributed by atoms with Crippen molar-refractivity contribution in [1.82, 2.24) is 10.6 Å². The van der Waals surface area contributed by atoms with Crippen LogP contribution in [0.5, 0.6) is 11.5 Å². The molecule has 0 aliphatic carbocycles. The molecule has 2 rings (SSSR count). The van der Waals surface area contributed by atoms with Crippen molar-refractivity contribution >= 4 is 27.9 Å². The molecule has 11 heteroatoms. The van der Waals surface area contributed by atoms with Gasteiger partial charge in [0.1, 0.15) is 0 Å². The van der Waals surface area contributed by atoms with Gasteiger partial charge in [-0.25, -0.2) is 9.59 Å². The van der Waals surface area contributed by atoms with Crippen molar-refractivity contribution in [1.29, 1.82) is 0 Å². The molecule has 1 atom stereocenters. The van der Waals surface area contributed by atoms with Crippen molar-refractivity contribution in [3.63, 3.8) is 0 Å². The fraction of sp³-hybridized carbons (Fsp3) is 0.333. The van der Waals surface area contributed by atoms with Crippen molar-refractivity contribution in [3.05, 3.63) is 33.4 Å². The Bertz CT molecular complexity index is 779. The number of hydrogen-bond donors (Lipinski definition) is 3. The Labute approximate surface area is 154 Å². The number of urea groups is 1. The third kappa shape index (κ3) is 4.40. The second-order valence-electron chi connectivity index (χ2n) is 5.32. The topological polar surface area (TPSA) is 96.9 Å². The number of amides is 2. The summed E-state index contributed by atoms with van der Waals surface area (Å²) in [6.45, 7) is -0.394. The van der Waals surface area contributed by atoms with E-state index in [1.54, 1.807) is 0 Å². The highest BCUT2D eigenvalue weighted by Gasteiger charge is 2.36. The number of aromatic hydroxyl groups is 1. The number of alkyl halides is 3. The highest BCUT2D eigenvalue weighted by atomic mass is 79.9. The van der Waals surface area contributed by atoms with E-state index in [0.29, 0.717) is 5.56 Å². The maximum atomic E-state index is 12.3. The summed E-state index contributed by atoms with van der Waals surface area (Å²) in [6.07, 6.45) is -4.68. The first-order valence-corrected chi connectivity index (χ1v) is 7.91. The molecule has 1 aromatic carbocycles. The minimum atomic E-state index is -4.68. The van der Waals surface area contributed by atoms with Crippen LogP contribution < -0.4 is 15.4 Å². The number of nitrogens with one attached hydrogen (secondary N) is 2. The average molecular weight is 439 g/mol. The number of benzene rings is 1. The number of carbonyl (C=O) groups is 2. The second kappa shape index (κ2) is 7.44. The van der Waals surface area contributed by atoms with E-state index in [0.717, 1.165) is 0 Å². The first kappa shape index (κ1) is 19.9. The molecule has 0 aromatic heterocycles. The predicted octanol–water partition coefficient (Wildman–Crippen LogP) is 2.90. The van der Waals surface area contributed by atoms with Gasteiger partial charge in [0.15, 0.2) is 18.1 Å². The van der Waals surface area contributed by atoms with E-state index in [1.807, 2.05) is 0 Å². The van der Waals surface area contributed by atoms with Crippen LogP contribution in [0, 0.1) is 0 Å². The molecule has 0 saturated carbocycles. The van der Waals surface area contributed by atoms with Crippen molar-refractivity contribution in [2.45, 2.75) is 19.1 Å². The van der Waals surface area contributed by atoms with Crippen LogP contribution in [0.25, 0.3) is 0 Å². The van der Waals surface area contributed by atoms with Gasteiger partial charge < -0.3 is 25.2 Å². The van der Waals surface area contributed by atoms with E-state index in [2.05, 4.69) is 31.3 Å². The van der Waals surface area contributed by atoms with E-state index < -0.39 is 30.8 Å². The maximum Gasteiger partial charge on any atom is 0.422 e. The normalized spacial score (nSPS) is 17.5. The lowest BCUT2D eigenvalue weighted by molar-refractivity contribution is -0.183. The molecule has 0 unspecified atom stereocenters. The number of allylic oxidation sites excluding steroid dienone is 1. The molecule has 0 fully saturated rings. The number of ether oxygens (including phenoxy) is 2. The largest absolute Gasteiger partial charge is 0.503 e. The lowest BCUT2D eigenvalue weighted by atomic mass is 9.95. The molecule has 1 aromatic rings. The van der Waals surface area contributed by atoms with Gasteiger partial charge in [-0.3, -0.25) is 0 Å². The summed E-state index contributed by atoms with van der Waals surface area (Å²) in [5.74, 6) is -1.40. The summed E-state index contributed by atoms with van der Waals surface area (Å²) in [7, 11) is 1.30. The van der Waals surface area contributed by atoms with Crippen LogP contribution in [0.15, 0.2) is 27.9 Å². The zero-order valence-electron chi connectivity index (χ0n) is 13.5. The lowest BCUT2D eigenvalue weighted by Crippen LogP contribution is -2.45. The number of phenols is 1. The van der Waals surface area contributed by atoms with Crippen molar-refractivity contribution in [2.24, 2.45) is 0 Å². The Balaban J connectivity index is 2.44. The van der Waals surface area contributed by atoms with E-state index in [9.17, 15) is 27.9 Å². The van der Waals surface area contributed by atoms with Crippen LogP contribution in [0.3, 0.4) is 0 Å². The highest BCUT2D eigenvalue weighted by molar-refractivity contribution is 9.10. The first-order chi connectivity index (χ1) is 12.0. The number of hydrogen-bond acceptors (Lipinski definition) is 5. The molecular formula is C15H14BrF3N2O5. The molecule has 2 amide bonds. The van der Waals surface area contributed by atoms with E-state index in [1.165, 1.54) is 26.2 Å². The Hall–Kier alpha value is -2.43. The van der Waals surface area contributed by atoms with Gasteiger partial charge in [0.2, 0.25) is 0 Å². The van der Waals surface area contributed by atoms with Gasteiger partial charge in [-0.2, -0.15) is 13.2 Å². The van der Waals surface area contributed by atoms with Gasteiger partial charge in [-0.15, -0.1) is 0 Å². The molecule has 0 spiro atoms. The average Bonchev–Trinajstić information content (AvgIpc) is 2.53. The molecule has 1 aliphatic rings. The van der Waals surface area contributed by atoms with Gasteiger partial charge in [0.05, 0.1) is 23.2 Å². The van der Waals surface area contributed by atoms with Crippen molar-refractivity contribution < 1.29 is 37.3 Å². The zero-order chi connectivity index (χ0) is 19.6. The minimum absolute atomic E-state index is 0.0443. The number of esters is 1. The highest BCUT2D eigenvalue weighted by Crippen LogP contribution is 2.39. The van der Waals surface area contributed by atoms with Crippen LogP contribution in [0.1, 0.15) is 18.5 Å². The molecule has 0 radical (unpaired) electrons. The Morgan fingerprint density at radius 1 is 1.38 bits per heavy atom. The number of carbonyl (C=O) groups excluding carboxylic acids is 2. The summed E-state index contributed by atoms with van der Waals surface area (Å²) < 4.78 is 46.5. The summed E-state index contributed by atoms with van der Waals surface area (Å²) >= 11 is 3.11. The van der Waals surface area contributed by atoms with Gasteiger partial charge in [-0.05, 0) is 40.5 Å². The smallest absolute Gasteiger partial charge is 0.422 e. The third-order valence-electron chi connectivity index (χ3n) is 3.46. The molecule has 3 N–H and O–H groups in total. The van der Waals surface area contributed by atoms with Crippen molar-refractivity contribution in [3.8, 4) is 11.5 Å². The summed E-state index contributed by atoms with van der Waals surface area (Å²) in [6, 6.07) is 0.998. The molecule has 26 heavy (non-hydrogen) atoms. The zero-order valence-corrected chi connectivity index (χ0v) is 15.1. The van der Waals surface area contributed by atoms with Crippen LogP contribution >= 0.6 is 15.9 Å². The van der Waals surface area contributed by atoms with Gasteiger partial charge in [0.25, 0.3) is 0 Å². The number of methoxy groups -OCH3 is 1. The van der Waals surface area contributed by atoms with Gasteiger partial charge >= 0.3 is 18.2 Å². The first-order valence-electron chi connectivity index (χ1n) is 7.12. The Morgan fingerprint density at radius 2 is 2.04 bits per heavy atom. The van der Waals surface area contributed by atoms with E-state index in [-0.39, 0.29) is 27.2 Å². The number of halogens is 4. The second-order valence-corrected chi connectivity index (χ2v) is 6.17.